The van der Waals surface area contributed by atoms with E-state index in [1.165, 1.54) is 0 Å². The van der Waals surface area contributed by atoms with E-state index >= 15 is 0 Å². The summed E-state index contributed by atoms with van der Waals surface area (Å²) < 4.78 is 1.97. The summed E-state index contributed by atoms with van der Waals surface area (Å²) >= 11 is 0. The van der Waals surface area contributed by atoms with Crippen molar-refractivity contribution in [3.8, 4) is 22.5 Å². The Morgan fingerprint density at radius 1 is 0.966 bits per heavy atom. The molecule has 0 amide bonds. The Morgan fingerprint density at radius 2 is 1.66 bits per heavy atom. The van der Waals surface area contributed by atoms with Crippen LogP contribution >= 0.6 is 0 Å². The van der Waals surface area contributed by atoms with Gasteiger partial charge in [-0.2, -0.15) is 5.10 Å². The van der Waals surface area contributed by atoms with E-state index in [1.54, 1.807) is 0 Å². The van der Waals surface area contributed by atoms with Crippen molar-refractivity contribution in [3.63, 3.8) is 0 Å². The number of hydrogen-bond donors (Lipinski definition) is 1. The van der Waals surface area contributed by atoms with Crippen LogP contribution in [0.3, 0.4) is 0 Å². The van der Waals surface area contributed by atoms with Crippen LogP contribution in [0.2, 0.25) is 0 Å². The maximum atomic E-state index is 4.90. The molecule has 2 aromatic heterocycles. The van der Waals surface area contributed by atoms with E-state index in [-0.39, 0.29) is 0 Å². The topological polar surface area (TPSA) is 45.5 Å². The SMILES string of the molecule is CC1C(NCc2cc3nc(-c4ccccc4)cc(-c4ccccc4)n3n2)CN1C. The Kier molecular flexibility index (Phi) is 4.62. The Labute approximate surface area is 171 Å². The molecule has 0 spiro atoms. The minimum Gasteiger partial charge on any atom is -0.305 e. The Bertz CT molecular complexity index is 1120. The zero-order valence-corrected chi connectivity index (χ0v) is 16.8. The number of benzene rings is 2. The molecule has 5 heteroatoms. The molecule has 1 aliphatic rings. The summed E-state index contributed by atoms with van der Waals surface area (Å²) in [6.07, 6.45) is 0. The predicted molar refractivity (Wildman–Crippen MR) is 117 cm³/mol. The molecule has 4 aromatic rings. The lowest BCUT2D eigenvalue weighted by Crippen LogP contribution is -2.62. The van der Waals surface area contributed by atoms with Crippen molar-refractivity contribution in [2.45, 2.75) is 25.6 Å². The van der Waals surface area contributed by atoms with Crippen LogP contribution in [-0.4, -0.2) is 45.2 Å². The summed E-state index contributed by atoms with van der Waals surface area (Å²) in [5.41, 5.74) is 6.15. The summed E-state index contributed by atoms with van der Waals surface area (Å²) in [5.74, 6) is 0. The van der Waals surface area contributed by atoms with Gasteiger partial charge < -0.3 is 10.2 Å². The second kappa shape index (κ2) is 7.43. The minimum absolute atomic E-state index is 0.520. The monoisotopic (exact) mass is 383 g/mol. The molecule has 1 saturated heterocycles. The van der Waals surface area contributed by atoms with E-state index in [9.17, 15) is 0 Å². The lowest BCUT2D eigenvalue weighted by Gasteiger charge is -2.44. The first-order valence-corrected chi connectivity index (χ1v) is 10.1. The summed E-state index contributed by atoms with van der Waals surface area (Å²) in [4.78, 5) is 7.25. The highest BCUT2D eigenvalue weighted by molar-refractivity contribution is 5.71. The molecule has 29 heavy (non-hydrogen) atoms. The number of nitrogens with one attached hydrogen (secondary N) is 1. The third-order valence-corrected chi connectivity index (χ3v) is 5.92. The number of fused-ring (bicyclic) bond motifs is 1. The van der Waals surface area contributed by atoms with Gasteiger partial charge in [-0.05, 0) is 20.0 Å². The van der Waals surface area contributed by atoms with Gasteiger partial charge in [0, 0.05) is 42.4 Å². The number of hydrogen-bond acceptors (Lipinski definition) is 4. The molecule has 3 heterocycles. The third kappa shape index (κ3) is 3.43. The quantitative estimate of drug-likeness (QED) is 0.569. The molecular formula is C24H25N5. The predicted octanol–water partition coefficient (Wildman–Crippen LogP) is 3.86. The van der Waals surface area contributed by atoms with E-state index in [0.29, 0.717) is 12.1 Å². The summed E-state index contributed by atoms with van der Waals surface area (Å²) in [7, 11) is 2.16. The van der Waals surface area contributed by atoms with E-state index in [0.717, 1.165) is 46.9 Å². The molecule has 5 nitrogen and oxygen atoms in total. The second-order valence-corrected chi connectivity index (χ2v) is 7.83. The zero-order chi connectivity index (χ0) is 19.8. The smallest absolute Gasteiger partial charge is 0.156 e. The van der Waals surface area contributed by atoms with E-state index in [2.05, 4.69) is 72.7 Å². The molecule has 2 unspecified atom stereocenters. The number of nitrogens with zero attached hydrogens (tertiary/aromatic N) is 4. The standard InChI is InChI=1S/C24H25N5/c1-17-22(16-28(17)2)25-15-20-13-24-26-21(18-9-5-3-6-10-18)14-23(29(24)27-20)19-11-7-4-8-12-19/h3-14,17,22,25H,15-16H2,1-2H3. The van der Waals surface area contributed by atoms with Gasteiger partial charge in [0.15, 0.2) is 5.65 Å². The van der Waals surface area contributed by atoms with E-state index < -0.39 is 0 Å². The zero-order valence-electron chi connectivity index (χ0n) is 16.8. The molecule has 2 atom stereocenters. The van der Waals surface area contributed by atoms with Crippen molar-refractivity contribution in [3.05, 3.63) is 78.5 Å². The number of rotatable bonds is 5. The van der Waals surface area contributed by atoms with Crippen LogP contribution in [0, 0.1) is 0 Å². The molecule has 1 N–H and O–H groups in total. The lowest BCUT2D eigenvalue weighted by molar-refractivity contribution is 0.0834. The number of likely N-dealkylation sites (tertiary alicyclic amines) is 1. The molecule has 1 fully saturated rings. The Balaban J connectivity index is 1.54. The van der Waals surface area contributed by atoms with Crippen LogP contribution in [0.4, 0.5) is 0 Å². The average molecular weight is 383 g/mol. The lowest BCUT2D eigenvalue weighted by atomic mass is 9.99. The summed E-state index contributed by atoms with van der Waals surface area (Å²) in [6.45, 7) is 4.09. The summed E-state index contributed by atoms with van der Waals surface area (Å²) in [5, 5.41) is 8.51. The van der Waals surface area contributed by atoms with Gasteiger partial charge in [0.1, 0.15) is 0 Å². The first-order valence-electron chi connectivity index (χ1n) is 10.1. The fourth-order valence-corrected chi connectivity index (χ4v) is 3.95. The molecule has 0 saturated carbocycles. The molecule has 2 aromatic carbocycles. The van der Waals surface area contributed by atoms with Crippen molar-refractivity contribution < 1.29 is 0 Å². The molecule has 0 radical (unpaired) electrons. The molecule has 146 valence electrons. The third-order valence-electron chi connectivity index (χ3n) is 5.92. The molecule has 5 rings (SSSR count). The highest BCUT2D eigenvalue weighted by Crippen LogP contribution is 2.26. The van der Waals surface area contributed by atoms with E-state index in [1.807, 2.05) is 28.8 Å². The van der Waals surface area contributed by atoms with Crippen LogP contribution in [0.25, 0.3) is 28.2 Å². The van der Waals surface area contributed by atoms with Crippen LogP contribution < -0.4 is 5.32 Å². The van der Waals surface area contributed by atoms with Gasteiger partial charge >= 0.3 is 0 Å². The Hall–Kier alpha value is -3.02. The van der Waals surface area contributed by atoms with Crippen LogP contribution in [0.5, 0.6) is 0 Å². The van der Waals surface area contributed by atoms with Gasteiger partial charge in [-0.15, -0.1) is 0 Å². The van der Waals surface area contributed by atoms with Crippen LogP contribution in [-0.2, 0) is 6.54 Å². The van der Waals surface area contributed by atoms with Gasteiger partial charge in [-0.25, -0.2) is 9.50 Å². The maximum Gasteiger partial charge on any atom is 0.156 e. The maximum absolute atomic E-state index is 4.90. The number of aromatic nitrogens is 3. The number of likely N-dealkylation sites (N-methyl/N-ethyl adjacent to an activating group) is 1. The van der Waals surface area contributed by atoms with Gasteiger partial charge in [0.2, 0.25) is 0 Å². The van der Waals surface area contributed by atoms with Crippen LogP contribution in [0.1, 0.15) is 12.6 Å². The highest BCUT2D eigenvalue weighted by atomic mass is 15.3. The first-order chi connectivity index (χ1) is 14.2. The fraction of sp³-hybridized carbons (Fsp3) is 0.250. The Morgan fingerprint density at radius 3 is 2.31 bits per heavy atom. The molecule has 1 aliphatic heterocycles. The normalized spacial score (nSPS) is 19.4. The van der Waals surface area contributed by atoms with Gasteiger partial charge in [0.25, 0.3) is 0 Å². The van der Waals surface area contributed by atoms with Crippen molar-refractivity contribution in [1.82, 2.24) is 24.8 Å². The van der Waals surface area contributed by atoms with Gasteiger partial charge in [-0.1, -0.05) is 60.7 Å². The fourth-order valence-electron chi connectivity index (χ4n) is 3.95. The average Bonchev–Trinajstić information content (AvgIpc) is 3.19. The minimum atomic E-state index is 0.520. The van der Waals surface area contributed by atoms with Crippen molar-refractivity contribution in [2.75, 3.05) is 13.6 Å². The van der Waals surface area contributed by atoms with Gasteiger partial charge in [-0.3, -0.25) is 0 Å². The molecule has 0 aliphatic carbocycles. The second-order valence-electron chi connectivity index (χ2n) is 7.83. The van der Waals surface area contributed by atoms with E-state index in [4.69, 9.17) is 10.1 Å². The molecular weight excluding hydrogens is 358 g/mol. The largest absolute Gasteiger partial charge is 0.305 e. The highest BCUT2D eigenvalue weighted by Gasteiger charge is 2.31. The van der Waals surface area contributed by atoms with Gasteiger partial charge in [0.05, 0.1) is 17.1 Å². The van der Waals surface area contributed by atoms with Crippen LogP contribution in [0.15, 0.2) is 72.8 Å². The first kappa shape index (κ1) is 18.0. The molecule has 0 bridgehead atoms. The van der Waals surface area contributed by atoms with Crippen molar-refractivity contribution >= 4 is 5.65 Å². The van der Waals surface area contributed by atoms with Crippen molar-refractivity contribution in [1.29, 1.82) is 0 Å². The summed E-state index contributed by atoms with van der Waals surface area (Å²) in [6, 6.07) is 26.0. The van der Waals surface area contributed by atoms with Crippen molar-refractivity contribution in [2.24, 2.45) is 0 Å².